The van der Waals surface area contributed by atoms with Crippen LogP contribution in [-0.2, 0) is 19.1 Å². The molecule has 2 N–H and O–H groups in total. The van der Waals surface area contributed by atoms with Crippen LogP contribution in [-0.4, -0.2) is 40.9 Å². The van der Waals surface area contributed by atoms with Gasteiger partial charge in [-0.1, -0.05) is 0 Å². The van der Waals surface area contributed by atoms with Gasteiger partial charge in [-0.15, -0.1) is 0 Å². The normalized spacial score (nSPS) is 22.7. The Bertz CT molecular complexity index is 918. The summed E-state index contributed by atoms with van der Waals surface area (Å²) in [5, 5.41) is 13.1. The molecule has 0 bridgehead atoms. The molecule has 0 radical (unpaired) electrons. The van der Waals surface area contributed by atoms with Gasteiger partial charge in [0.05, 0.1) is 18.6 Å². The molecule has 1 fully saturated rings. The zero-order valence-electron chi connectivity index (χ0n) is 19.5. The van der Waals surface area contributed by atoms with Crippen LogP contribution < -0.4 is 10.1 Å². The van der Waals surface area contributed by atoms with Gasteiger partial charge >= 0.3 is 5.97 Å². The van der Waals surface area contributed by atoms with Crippen molar-refractivity contribution < 1.29 is 33.8 Å². The van der Waals surface area contributed by atoms with Crippen molar-refractivity contribution in [3.05, 3.63) is 29.3 Å². The van der Waals surface area contributed by atoms with E-state index in [-0.39, 0.29) is 29.5 Å². The van der Waals surface area contributed by atoms with Crippen LogP contribution >= 0.6 is 0 Å². The molecule has 0 spiro atoms. The molecule has 1 aromatic rings. The number of carbonyl (C=O) groups excluding carboxylic acids is 4. The number of piperidine rings is 1. The maximum absolute atomic E-state index is 12.8. The average molecular weight is 460 g/mol. The van der Waals surface area contributed by atoms with Gasteiger partial charge in [0, 0.05) is 24.3 Å². The fourth-order valence-corrected chi connectivity index (χ4v) is 4.30. The Morgan fingerprint density at radius 1 is 1.15 bits per heavy atom. The molecular formula is C25H33NO7. The molecule has 1 heterocycles. The summed E-state index contributed by atoms with van der Waals surface area (Å²) in [5.41, 5.74) is 0.531. The lowest BCUT2D eigenvalue weighted by Crippen LogP contribution is -2.40. The van der Waals surface area contributed by atoms with Crippen LogP contribution in [0.15, 0.2) is 18.2 Å². The van der Waals surface area contributed by atoms with Gasteiger partial charge in [-0.2, -0.15) is 0 Å². The Morgan fingerprint density at radius 3 is 2.61 bits per heavy atom. The van der Waals surface area contributed by atoms with Crippen molar-refractivity contribution >= 4 is 23.6 Å². The number of carbonyl (C=O) groups is 4. The number of rotatable bonds is 9. The van der Waals surface area contributed by atoms with Crippen LogP contribution in [0.4, 0.5) is 0 Å². The smallest absolute Gasteiger partial charge is 0.306 e. The highest BCUT2D eigenvalue weighted by Gasteiger charge is 2.39. The topological polar surface area (TPSA) is 119 Å². The summed E-state index contributed by atoms with van der Waals surface area (Å²) >= 11 is 0. The molecule has 1 aromatic carbocycles. The lowest BCUT2D eigenvalue weighted by molar-refractivity contribution is -0.155. The molecule has 1 aliphatic heterocycles. The Kier molecular flexibility index (Phi) is 7.89. The standard InChI is InChI=1S/C25H33NO7/c1-25(2,3)33-21(28)6-4-5-13-32-16-9-11-17-19(14-16)23(30)18(22(17)29)10-7-15-8-12-20(27)26-24(15)31/h9,11,14-15,18,23,30H,4-8,10,12-13H2,1-3H3,(H,26,27,31). The molecular weight excluding hydrogens is 426 g/mol. The molecule has 3 unspecified atom stereocenters. The zero-order chi connectivity index (χ0) is 24.2. The summed E-state index contributed by atoms with van der Waals surface area (Å²) in [6.07, 6.45) is 2.29. The summed E-state index contributed by atoms with van der Waals surface area (Å²) in [5.74, 6) is -1.29. The Morgan fingerprint density at radius 2 is 1.91 bits per heavy atom. The summed E-state index contributed by atoms with van der Waals surface area (Å²) in [6.45, 7) is 5.91. The quantitative estimate of drug-likeness (QED) is 0.330. The summed E-state index contributed by atoms with van der Waals surface area (Å²) in [4.78, 5) is 47.8. The van der Waals surface area contributed by atoms with Gasteiger partial charge in [-0.05, 0) is 76.6 Å². The number of amides is 2. The van der Waals surface area contributed by atoms with E-state index in [2.05, 4.69) is 5.32 Å². The van der Waals surface area contributed by atoms with E-state index < -0.39 is 17.6 Å². The second kappa shape index (κ2) is 10.5. The van der Waals surface area contributed by atoms with Crippen molar-refractivity contribution in [3.63, 3.8) is 0 Å². The molecule has 2 amide bonds. The minimum atomic E-state index is -0.948. The van der Waals surface area contributed by atoms with Crippen LogP contribution in [0.25, 0.3) is 0 Å². The van der Waals surface area contributed by atoms with Gasteiger partial charge in [0.15, 0.2) is 5.78 Å². The van der Waals surface area contributed by atoms with Crippen LogP contribution in [0.1, 0.15) is 87.7 Å². The van der Waals surface area contributed by atoms with Gasteiger partial charge in [0.25, 0.3) is 0 Å². The SMILES string of the molecule is CC(C)(C)OC(=O)CCCCOc1ccc2c(c1)C(O)C(CCC1CCC(=O)NC1=O)C2=O. The number of aliphatic hydroxyl groups is 1. The first-order chi connectivity index (χ1) is 15.5. The molecule has 180 valence electrons. The van der Waals surface area contributed by atoms with Crippen LogP contribution in [0, 0.1) is 11.8 Å². The first-order valence-corrected chi connectivity index (χ1v) is 11.6. The van der Waals surface area contributed by atoms with Crippen molar-refractivity contribution in [2.75, 3.05) is 6.61 Å². The lowest BCUT2D eigenvalue weighted by atomic mass is 9.87. The minimum absolute atomic E-state index is 0.131. The Balaban J connectivity index is 1.47. The molecule has 33 heavy (non-hydrogen) atoms. The third-order valence-corrected chi connectivity index (χ3v) is 5.97. The predicted octanol–water partition coefficient (Wildman–Crippen LogP) is 3.26. The number of hydrogen-bond acceptors (Lipinski definition) is 7. The van der Waals surface area contributed by atoms with E-state index in [1.807, 2.05) is 20.8 Å². The number of ether oxygens (including phenoxy) is 2. The van der Waals surface area contributed by atoms with Crippen molar-refractivity contribution in [2.45, 2.75) is 77.4 Å². The van der Waals surface area contributed by atoms with E-state index in [1.165, 1.54) is 0 Å². The molecule has 0 aromatic heterocycles. The minimum Gasteiger partial charge on any atom is -0.494 e. The Hall–Kier alpha value is -2.74. The summed E-state index contributed by atoms with van der Waals surface area (Å²) < 4.78 is 11.0. The highest BCUT2D eigenvalue weighted by molar-refractivity contribution is 6.03. The number of Topliss-reactive ketones (excluding diaryl/α,β-unsaturated/α-hetero) is 1. The molecule has 2 aliphatic rings. The summed E-state index contributed by atoms with van der Waals surface area (Å²) in [7, 11) is 0. The second-order valence-electron chi connectivity index (χ2n) is 9.78. The third-order valence-electron chi connectivity index (χ3n) is 5.97. The second-order valence-corrected chi connectivity index (χ2v) is 9.78. The van der Waals surface area contributed by atoms with Gasteiger partial charge in [-0.25, -0.2) is 0 Å². The largest absolute Gasteiger partial charge is 0.494 e. The maximum atomic E-state index is 12.8. The summed E-state index contributed by atoms with van der Waals surface area (Å²) in [6, 6.07) is 5.07. The number of unbranched alkanes of at least 4 members (excludes halogenated alkanes) is 1. The third kappa shape index (κ3) is 6.63. The van der Waals surface area contributed by atoms with E-state index in [0.717, 1.165) is 0 Å². The molecule has 3 atom stereocenters. The molecule has 8 nitrogen and oxygen atoms in total. The van der Waals surface area contributed by atoms with Crippen LogP contribution in [0.3, 0.4) is 0 Å². The number of ketones is 1. The fraction of sp³-hybridized carbons (Fsp3) is 0.600. The highest BCUT2D eigenvalue weighted by atomic mass is 16.6. The van der Waals surface area contributed by atoms with Gasteiger partial charge in [0.2, 0.25) is 11.8 Å². The lowest BCUT2D eigenvalue weighted by Gasteiger charge is -2.22. The average Bonchev–Trinajstić information content (AvgIpc) is 2.95. The monoisotopic (exact) mass is 459 g/mol. The maximum Gasteiger partial charge on any atom is 0.306 e. The van der Waals surface area contributed by atoms with Gasteiger partial charge in [-0.3, -0.25) is 24.5 Å². The van der Waals surface area contributed by atoms with E-state index in [4.69, 9.17) is 9.47 Å². The van der Waals surface area contributed by atoms with Gasteiger partial charge < -0.3 is 14.6 Å². The molecule has 3 rings (SSSR count). The van der Waals surface area contributed by atoms with E-state index in [0.29, 0.717) is 68.4 Å². The van der Waals surface area contributed by atoms with E-state index >= 15 is 0 Å². The van der Waals surface area contributed by atoms with E-state index in [1.54, 1.807) is 18.2 Å². The number of imide groups is 1. The van der Waals surface area contributed by atoms with Crippen molar-refractivity contribution in [3.8, 4) is 5.75 Å². The first kappa shape index (κ1) is 24.9. The van der Waals surface area contributed by atoms with Crippen molar-refractivity contribution in [1.29, 1.82) is 0 Å². The highest BCUT2D eigenvalue weighted by Crippen LogP contribution is 2.41. The number of esters is 1. The van der Waals surface area contributed by atoms with Crippen LogP contribution in [0.5, 0.6) is 5.75 Å². The molecule has 0 saturated carbocycles. The zero-order valence-corrected chi connectivity index (χ0v) is 19.5. The predicted molar refractivity (Wildman–Crippen MR) is 120 cm³/mol. The number of hydrogen-bond donors (Lipinski definition) is 2. The number of benzene rings is 1. The fourth-order valence-electron chi connectivity index (χ4n) is 4.30. The molecule has 1 saturated heterocycles. The van der Waals surface area contributed by atoms with Gasteiger partial charge in [0.1, 0.15) is 11.4 Å². The van der Waals surface area contributed by atoms with Crippen LogP contribution in [0.2, 0.25) is 0 Å². The first-order valence-electron chi connectivity index (χ1n) is 11.6. The van der Waals surface area contributed by atoms with E-state index in [9.17, 15) is 24.3 Å². The Labute approximate surface area is 194 Å². The number of fused-ring (bicyclic) bond motifs is 1. The molecule has 1 aliphatic carbocycles. The van der Waals surface area contributed by atoms with Crippen molar-refractivity contribution in [2.24, 2.45) is 11.8 Å². The number of aliphatic hydroxyl groups excluding tert-OH is 1. The number of nitrogens with one attached hydrogen (secondary N) is 1. The molecule has 8 heteroatoms. The van der Waals surface area contributed by atoms with Crippen molar-refractivity contribution in [1.82, 2.24) is 5.32 Å².